The molecule has 0 aliphatic carbocycles. The van der Waals surface area contributed by atoms with Crippen LogP contribution in [0.3, 0.4) is 0 Å². The van der Waals surface area contributed by atoms with Crippen molar-refractivity contribution in [3.05, 3.63) is 53.6 Å². The predicted molar refractivity (Wildman–Crippen MR) is 68.9 cm³/mol. The number of nitrogens with zero attached hydrogens (tertiary/aromatic N) is 1. The molecule has 0 N–H and O–H groups in total. The van der Waals surface area contributed by atoms with E-state index in [2.05, 4.69) is 24.9 Å². The highest BCUT2D eigenvalue weighted by molar-refractivity contribution is 5.77. The average Bonchev–Trinajstić information content (AvgIpc) is 2.72. The number of rotatable bonds is 1. The van der Waals surface area contributed by atoms with Crippen LogP contribution in [-0.4, -0.2) is 4.98 Å². The van der Waals surface area contributed by atoms with Crippen molar-refractivity contribution in [3.8, 4) is 11.5 Å². The number of hydrogen-bond acceptors (Lipinski definition) is 2. The third-order valence-electron chi connectivity index (χ3n) is 2.92. The van der Waals surface area contributed by atoms with Crippen molar-refractivity contribution >= 4 is 11.1 Å². The Morgan fingerprint density at radius 3 is 2.65 bits per heavy atom. The molecule has 0 aliphatic heterocycles. The average molecular weight is 223 g/mol. The molecule has 2 nitrogen and oxygen atoms in total. The van der Waals surface area contributed by atoms with Crippen LogP contribution in [-0.2, 0) is 0 Å². The highest BCUT2D eigenvalue weighted by atomic mass is 16.3. The van der Waals surface area contributed by atoms with E-state index in [9.17, 15) is 0 Å². The first-order chi connectivity index (χ1) is 8.24. The fourth-order valence-corrected chi connectivity index (χ4v) is 1.97. The molecule has 0 fully saturated rings. The first-order valence-electron chi connectivity index (χ1n) is 5.67. The van der Waals surface area contributed by atoms with E-state index in [4.69, 9.17) is 4.42 Å². The molecule has 0 radical (unpaired) electrons. The van der Waals surface area contributed by atoms with Crippen LogP contribution in [0.25, 0.3) is 22.6 Å². The molecule has 0 bridgehead atoms. The Morgan fingerprint density at radius 2 is 1.82 bits per heavy atom. The minimum absolute atomic E-state index is 0.698. The second-order valence-electron chi connectivity index (χ2n) is 4.31. The Labute approximate surface area is 99.9 Å². The van der Waals surface area contributed by atoms with Gasteiger partial charge in [-0.2, -0.15) is 0 Å². The van der Waals surface area contributed by atoms with E-state index in [1.807, 2.05) is 36.4 Å². The Kier molecular flexibility index (Phi) is 2.22. The number of hydrogen-bond donors (Lipinski definition) is 0. The lowest BCUT2D eigenvalue weighted by atomic mass is 10.1. The SMILES string of the molecule is Cc1ccc2oc(-c3ccccc3C)nc2c1. The van der Waals surface area contributed by atoms with Crippen LogP contribution >= 0.6 is 0 Å². The van der Waals surface area contributed by atoms with Gasteiger partial charge in [0.15, 0.2) is 5.58 Å². The lowest BCUT2D eigenvalue weighted by molar-refractivity contribution is 0.619. The first kappa shape index (κ1) is 10.1. The maximum absolute atomic E-state index is 5.78. The van der Waals surface area contributed by atoms with Gasteiger partial charge in [0, 0.05) is 5.56 Å². The van der Waals surface area contributed by atoms with E-state index in [1.165, 1.54) is 11.1 Å². The molecule has 17 heavy (non-hydrogen) atoms. The van der Waals surface area contributed by atoms with Crippen LogP contribution < -0.4 is 0 Å². The highest BCUT2D eigenvalue weighted by Crippen LogP contribution is 2.26. The fourth-order valence-electron chi connectivity index (χ4n) is 1.97. The smallest absolute Gasteiger partial charge is 0.227 e. The summed E-state index contributed by atoms with van der Waals surface area (Å²) in [6.07, 6.45) is 0. The molecule has 0 aliphatic rings. The van der Waals surface area contributed by atoms with Crippen LogP contribution in [0.1, 0.15) is 11.1 Å². The molecule has 1 heterocycles. The van der Waals surface area contributed by atoms with E-state index in [1.54, 1.807) is 0 Å². The van der Waals surface area contributed by atoms with Crippen molar-refractivity contribution in [2.45, 2.75) is 13.8 Å². The van der Waals surface area contributed by atoms with Gasteiger partial charge in [0.1, 0.15) is 5.52 Å². The zero-order chi connectivity index (χ0) is 11.8. The molecule has 2 heteroatoms. The standard InChI is InChI=1S/C15H13NO/c1-10-7-8-14-13(9-10)16-15(17-14)12-6-4-3-5-11(12)2/h3-9H,1-2H3. The molecular weight excluding hydrogens is 210 g/mol. The second kappa shape index (κ2) is 3.74. The minimum Gasteiger partial charge on any atom is -0.436 e. The van der Waals surface area contributed by atoms with Crippen molar-refractivity contribution in [3.63, 3.8) is 0 Å². The molecule has 3 aromatic rings. The highest BCUT2D eigenvalue weighted by Gasteiger charge is 2.09. The van der Waals surface area contributed by atoms with Crippen LogP contribution in [0.2, 0.25) is 0 Å². The molecule has 2 aromatic carbocycles. The van der Waals surface area contributed by atoms with Gasteiger partial charge in [-0.15, -0.1) is 0 Å². The first-order valence-corrected chi connectivity index (χ1v) is 5.67. The van der Waals surface area contributed by atoms with Crippen molar-refractivity contribution in [2.75, 3.05) is 0 Å². The third-order valence-corrected chi connectivity index (χ3v) is 2.92. The summed E-state index contributed by atoms with van der Waals surface area (Å²) in [5.74, 6) is 0.698. The number of fused-ring (bicyclic) bond motifs is 1. The Balaban J connectivity index is 2.22. The fraction of sp³-hybridized carbons (Fsp3) is 0.133. The van der Waals surface area contributed by atoms with Crippen LogP contribution in [0.5, 0.6) is 0 Å². The van der Waals surface area contributed by atoms with Gasteiger partial charge >= 0.3 is 0 Å². The van der Waals surface area contributed by atoms with E-state index in [0.717, 1.165) is 16.7 Å². The van der Waals surface area contributed by atoms with E-state index < -0.39 is 0 Å². The van der Waals surface area contributed by atoms with Crippen molar-refractivity contribution < 1.29 is 4.42 Å². The zero-order valence-corrected chi connectivity index (χ0v) is 9.90. The summed E-state index contributed by atoms with van der Waals surface area (Å²) >= 11 is 0. The second-order valence-corrected chi connectivity index (χ2v) is 4.31. The molecule has 0 atom stereocenters. The molecule has 3 rings (SSSR count). The van der Waals surface area contributed by atoms with Gasteiger partial charge in [-0.3, -0.25) is 0 Å². The Bertz CT molecular complexity index is 682. The molecule has 0 amide bonds. The summed E-state index contributed by atoms with van der Waals surface area (Å²) in [6, 6.07) is 14.2. The number of oxazole rings is 1. The van der Waals surface area contributed by atoms with Crippen LogP contribution in [0, 0.1) is 13.8 Å². The van der Waals surface area contributed by atoms with Gasteiger partial charge in [0.2, 0.25) is 5.89 Å². The largest absolute Gasteiger partial charge is 0.436 e. The number of benzene rings is 2. The maximum Gasteiger partial charge on any atom is 0.227 e. The summed E-state index contributed by atoms with van der Waals surface area (Å²) in [4.78, 5) is 4.54. The van der Waals surface area contributed by atoms with E-state index >= 15 is 0 Å². The van der Waals surface area contributed by atoms with Gasteiger partial charge in [0.05, 0.1) is 0 Å². The number of aryl methyl sites for hydroxylation is 2. The summed E-state index contributed by atoms with van der Waals surface area (Å²) in [6.45, 7) is 4.12. The summed E-state index contributed by atoms with van der Waals surface area (Å²) < 4.78 is 5.78. The predicted octanol–water partition coefficient (Wildman–Crippen LogP) is 4.11. The number of aromatic nitrogens is 1. The van der Waals surface area contributed by atoms with Gasteiger partial charge in [-0.05, 0) is 43.2 Å². The molecule has 0 saturated heterocycles. The molecule has 0 spiro atoms. The minimum atomic E-state index is 0.698. The van der Waals surface area contributed by atoms with Crippen molar-refractivity contribution in [2.24, 2.45) is 0 Å². The van der Waals surface area contributed by atoms with Gasteiger partial charge in [0.25, 0.3) is 0 Å². The summed E-state index contributed by atoms with van der Waals surface area (Å²) in [5.41, 5.74) is 5.19. The topological polar surface area (TPSA) is 26.0 Å². The lowest BCUT2D eigenvalue weighted by Gasteiger charge is -1.98. The lowest BCUT2D eigenvalue weighted by Crippen LogP contribution is -1.81. The zero-order valence-electron chi connectivity index (χ0n) is 9.90. The van der Waals surface area contributed by atoms with Gasteiger partial charge in [-0.1, -0.05) is 24.3 Å². The van der Waals surface area contributed by atoms with Crippen LogP contribution in [0.4, 0.5) is 0 Å². The van der Waals surface area contributed by atoms with E-state index in [0.29, 0.717) is 5.89 Å². The normalized spacial score (nSPS) is 10.9. The van der Waals surface area contributed by atoms with Gasteiger partial charge in [-0.25, -0.2) is 4.98 Å². The Morgan fingerprint density at radius 1 is 1.00 bits per heavy atom. The quantitative estimate of drug-likeness (QED) is 0.620. The van der Waals surface area contributed by atoms with Gasteiger partial charge < -0.3 is 4.42 Å². The van der Waals surface area contributed by atoms with E-state index in [-0.39, 0.29) is 0 Å². The van der Waals surface area contributed by atoms with Crippen molar-refractivity contribution in [1.82, 2.24) is 4.98 Å². The van der Waals surface area contributed by atoms with Crippen molar-refractivity contribution in [1.29, 1.82) is 0 Å². The molecular formula is C15H13NO. The summed E-state index contributed by atoms with van der Waals surface area (Å²) in [5, 5.41) is 0. The maximum atomic E-state index is 5.78. The molecule has 0 saturated carbocycles. The monoisotopic (exact) mass is 223 g/mol. The third kappa shape index (κ3) is 1.72. The Hall–Kier alpha value is -2.09. The molecule has 0 unspecified atom stereocenters. The van der Waals surface area contributed by atoms with Crippen LogP contribution in [0.15, 0.2) is 46.9 Å². The molecule has 1 aromatic heterocycles. The molecule has 84 valence electrons. The summed E-state index contributed by atoms with van der Waals surface area (Å²) in [7, 11) is 0.